The van der Waals surface area contributed by atoms with Gasteiger partial charge in [0.2, 0.25) is 0 Å². The van der Waals surface area contributed by atoms with Gasteiger partial charge in [0.15, 0.2) is 5.58 Å². The molecule has 0 amide bonds. The number of hydrogen-bond acceptors (Lipinski definition) is 6. The molecule has 0 N–H and O–H groups in total. The first-order chi connectivity index (χ1) is 11.3. The monoisotopic (exact) mass is 311 g/mol. The van der Waals surface area contributed by atoms with E-state index in [9.17, 15) is 4.79 Å². The Balaban J connectivity index is 1.47. The molecule has 4 rings (SSSR count). The van der Waals surface area contributed by atoms with Crippen LogP contribution in [0.4, 0.5) is 5.82 Å². The lowest BCUT2D eigenvalue weighted by Gasteiger charge is -2.35. The molecule has 0 atom stereocenters. The van der Waals surface area contributed by atoms with Crippen LogP contribution in [0.5, 0.6) is 0 Å². The maximum Gasteiger partial charge on any atom is 0.421 e. The molecular formula is C16H17N5O2. The number of para-hydroxylation sites is 2. The lowest BCUT2D eigenvalue weighted by atomic mass is 10.3. The number of oxazole rings is 1. The topological polar surface area (TPSA) is 67.4 Å². The number of nitrogens with zero attached hydrogens (tertiary/aromatic N) is 5. The summed E-state index contributed by atoms with van der Waals surface area (Å²) in [5.41, 5.74) is 1.48. The maximum absolute atomic E-state index is 12.0. The second-order valence-electron chi connectivity index (χ2n) is 5.57. The Hall–Kier alpha value is -2.67. The Morgan fingerprint density at radius 1 is 1.09 bits per heavy atom. The minimum absolute atomic E-state index is 0.303. The summed E-state index contributed by atoms with van der Waals surface area (Å²) in [5.74, 6) is 0.598. The predicted octanol–water partition coefficient (Wildman–Crippen LogP) is 1.16. The summed E-state index contributed by atoms with van der Waals surface area (Å²) >= 11 is 0. The van der Waals surface area contributed by atoms with E-state index >= 15 is 0 Å². The van der Waals surface area contributed by atoms with E-state index < -0.39 is 0 Å². The highest BCUT2D eigenvalue weighted by Crippen LogP contribution is 2.15. The van der Waals surface area contributed by atoms with Gasteiger partial charge < -0.3 is 9.32 Å². The molecule has 3 heterocycles. The summed E-state index contributed by atoms with van der Waals surface area (Å²) in [6.45, 7) is 4.00. The van der Waals surface area contributed by atoms with Crippen LogP contribution in [0.15, 0.2) is 52.1 Å². The van der Waals surface area contributed by atoms with Crippen molar-refractivity contribution in [2.24, 2.45) is 0 Å². The average Bonchev–Trinajstić information content (AvgIpc) is 2.92. The van der Waals surface area contributed by atoms with Gasteiger partial charge in [-0.1, -0.05) is 12.1 Å². The van der Waals surface area contributed by atoms with Crippen LogP contribution in [0.25, 0.3) is 11.1 Å². The van der Waals surface area contributed by atoms with Crippen molar-refractivity contribution in [1.29, 1.82) is 0 Å². The van der Waals surface area contributed by atoms with Crippen LogP contribution in [-0.4, -0.2) is 45.6 Å². The third kappa shape index (κ3) is 2.70. The zero-order chi connectivity index (χ0) is 15.6. The lowest BCUT2D eigenvalue weighted by Crippen LogP contribution is -2.47. The Bertz CT molecular complexity index is 850. The number of anilines is 1. The summed E-state index contributed by atoms with van der Waals surface area (Å²) in [4.78, 5) is 24.9. The van der Waals surface area contributed by atoms with Gasteiger partial charge in [0.25, 0.3) is 0 Å². The number of benzene rings is 1. The smallest absolute Gasteiger partial charge is 0.408 e. The Kier molecular flexibility index (Phi) is 3.55. The zero-order valence-corrected chi connectivity index (χ0v) is 12.6. The Morgan fingerprint density at radius 3 is 2.70 bits per heavy atom. The fourth-order valence-corrected chi connectivity index (χ4v) is 2.92. The normalized spacial score (nSPS) is 16.1. The van der Waals surface area contributed by atoms with Crippen molar-refractivity contribution in [2.45, 2.75) is 6.67 Å². The van der Waals surface area contributed by atoms with Crippen molar-refractivity contribution in [2.75, 3.05) is 31.1 Å². The highest BCUT2D eigenvalue weighted by molar-refractivity contribution is 5.72. The molecule has 7 nitrogen and oxygen atoms in total. The van der Waals surface area contributed by atoms with Crippen LogP contribution < -0.4 is 10.7 Å². The van der Waals surface area contributed by atoms with Gasteiger partial charge in [-0.05, 0) is 12.1 Å². The van der Waals surface area contributed by atoms with Gasteiger partial charge in [-0.2, -0.15) is 0 Å². The summed E-state index contributed by atoms with van der Waals surface area (Å²) in [7, 11) is 0. The number of fused-ring (bicyclic) bond motifs is 1. The molecule has 0 bridgehead atoms. The molecule has 0 unspecified atom stereocenters. The minimum atomic E-state index is -0.303. The molecule has 1 aromatic carbocycles. The highest BCUT2D eigenvalue weighted by Gasteiger charge is 2.20. The summed E-state index contributed by atoms with van der Waals surface area (Å²) < 4.78 is 6.97. The van der Waals surface area contributed by atoms with E-state index in [-0.39, 0.29) is 5.76 Å². The minimum Gasteiger partial charge on any atom is -0.408 e. The van der Waals surface area contributed by atoms with Crippen LogP contribution in [0, 0.1) is 0 Å². The summed E-state index contributed by atoms with van der Waals surface area (Å²) in [6.07, 6.45) is 5.17. The molecular weight excluding hydrogens is 294 g/mol. The quantitative estimate of drug-likeness (QED) is 0.723. The molecule has 1 saturated heterocycles. The highest BCUT2D eigenvalue weighted by atomic mass is 16.4. The SMILES string of the molecule is O=c1oc2ccccc2n1CN1CCN(c2cnccn2)CC1. The molecule has 0 aliphatic carbocycles. The van der Waals surface area contributed by atoms with Crippen LogP contribution in [0.3, 0.4) is 0 Å². The van der Waals surface area contributed by atoms with Gasteiger partial charge in [-0.25, -0.2) is 9.78 Å². The van der Waals surface area contributed by atoms with Gasteiger partial charge in [-0.3, -0.25) is 14.5 Å². The molecule has 2 aromatic heterocycles. The van der Waals surface area contributed by atoms with Crippen molar-refractivity contribution in [3.63, 3.8) is 0 Å². The van der Waals surface area contributed by atoms with E-state index in [0.29, 0.717) is 12.3 Å². The number of piperazine rings is 1. The Labute approximate surface area is 132 Å². The second-order valence-corrected chi connectivity index (χ2v) is 5.57. The summed E-state index contributed by atoms with van der Waals surface area (Å²) in [5, 5.41) is 0. The van der Waals surface area contributed by atoms with E-state index in [1.165, 1.54) is 0 Å². The van der Waals surface area contributed by atoms with E-state index in [0.717, 1.165) is 37.5 Å². The van der Waals surface area contributed by atoms with Gasteiger partial charge in [-0.15, -0.1) is 0 Å². The largest absolute Gasteiger partial charge is 0.421 e. The first-order valence-electron chi connectivity index (χ1n) is 7.63. The average molecular weight is 311 g/mol. The Morgan fingerprint density at radius 2 is 1.91 bits per heavy atom. The second kappa shape index (κ2) is 5.85. The molecule has 1 fully saturated rings. The number of rotatable bonds is 3. The van der Waals surface area contributed by atoms with Crippen LogP contribution in [0.2, 0.25) is 0 Å². The van der Waals surface area contributed by atoms with Gasteiger partial charge in [0.05, 0.1) is 18.4 Å². The molecule has 7 heteroatoms. The number of aromatic nitrogens is 3. The predicted molar refractivity (Wildman–Crippen MR) is 86.3 cm³/mol. The summed E-state index contributed by atoms with van der Waals surface area (Å²) in [6, 6.07) is 7.52. The van der Waals surface area contributed by atoms with Crippen LogP contribution in [0.1, 0.15) is 0 Å². The van der Waals surface area contributed by atoms with E-state index in [4.69, 9.17) is 4.42 Å². The lowest BCUT2D eigenvalue weighted by molar-refractivity contribution is 0.201. The van der Waals surface area contributed by atoms with Gasteiger partial charge >= 0.3 is 5.76 Å². The first kappa shape index (κ1) is 14.0. The molecule has 23 heavy (non-hydrogen) atoms. The molecule has 0 saturated carbocycles. The van der Waals surface area contributed by atoms with Crippen molar-refractivity contribution in [1.82, 2.24) is 19.4 Å². The van der Waals surface area contributed by atoms with Crippen molar-refractivity contribution in [3.05, 3.63) is 53.4 Å². The van der Waals surface area contributed by atoms with Crippen molar-refractivity contribution < 1.29 is 4.42 Å². The molecule has 0 spiro atoms. The van der Waals surface area contributed by atoms with Gasteiger partial charge in [0, 0.05) is 38.6 Å². The maximum atomic E-state index is 12.0. The van der Waals surface area contributed by atoms with Crippen molar-refractivity contribution in [3.8, 4) is 0 Å². The fourth-order valence-electron chi connectivity index (χ4n) is 2.92. The standard InChI is InChI=1S/C16H17N5O2/c22-16-21(13-3-1-2-4-14(13)23-16)12-19-7-9-20(10-8-19)15-11-17-5-6-18-15/h1-6,11H,7-10,12H2. The van der Waals surface area contributed by atoms with Crippen LogP contribution >= 0.6 is 0 Å². The van der Waals surface area contributed by atoms with Crippen molar-refractivity contribution >= 4 is 16.9 Å². The first-order valence-corrected chi connectivity index (χ1v) is 7.63. The molecule has 118 valence electrons. The molecule has 0 radical (unpaired) electrons. The molecule has 3 aromatic rings. The third-order valence-electron chi connectivity index (χ3n) is 4.16. The molecule has 1 aliphatic heterocycles. The van der Waals surface area contributed by atoms with E-state index in [1.54, 1.807) is 23.2 Å². The molecule has 1 aliphatic rings. The van der Waals surface area contributed by atoms with Gasteiger partial charge in [0.1, 0.15) is 5.82 Å². The zero-order valence-electron chi connectivity index (χ0n) is 12.6. The third-order valence-corrected chi connectivity index (χ3v) is 4.16. The van der Waals surface area contributed by atoms with E-state index in [2.05, 4.69) is 19.8 Å². The van der Waals surface area contributed by atoms with Crippen LogP contribution in [-0.2, 0) is 6.67 Å². The number of hydrogen-bond donors (Lipinski definition) is 0. The fraction of sp³-hybridized carbons (Fsp3) is 0.312. The van der Waals surface area contributed by atoms with E-state index in [1.807, 2.05) is 24.3 Å².